The summed E-state index contributed by atoms with van der Waals surface area (Å²) in [6.07, 6.45) is 5.54. The molecule has 1 N–H and O–H groups in total. The van der Waals surface area contributed by atoms with E-state index in [1.165, 1.54) is 11.3 Å². The van der Waals surface area contributed by atoms with Gasteiger partial charge in [0.15, 0.2) is 0 Å². The van der Waals surface area contributed by atoms with Gasteiger partial charge in [0, 0.05) is 18.9 Å². The lowest BCUT2D eigenvalue weighted by Crippen LogP contribution is -2.24. The Morgan fingerprint density at radius 2 is 2.25 bits per heavy atom. The summed E-state index contributed by atoms with van der Waals surface area (Å²) in [5, 5.41) is 3.87. The zero-order valence-electron chi connectivity index (χ0n) is 12.1. The van der Waals surface area contributed by atoms with E-state index in [1.807, 2.05) is 20.0 Å². The monoisotopic (exact) mass is 292 g/mol. The molecule has 0 aromatic carbocycles. The largest absolute Gasteiger partial charge is 0.344 e. The van der Waals surface area contributed by atoms with E-state index in [4.69, 9.17) is 0 Å². The number of carbonyl (C=O) groups is 1. The van der Waals surface area contributed by atoms with E-state index in [9.17, 15) is 4.79 Å². The van der Waals surface area contributed by atoms with Crippen molar-refractivity contribution in [3.63, 3.8) is 0 Å². The van der Waals surface area contributed by atoms with Gasteiger partial charge in [-0.05, 0) is 19.8 Å². The summed E-state index contributed by atoms with van der Waals surface area (Å²) < 4.78 is 2.07. The molecule has 2 aromatic heterocycles. The van der Waals surface area contributed by atoms with E-state index in [1.54, 1.807) is 6.20 Å². The van der Waals surface area contributed by atoms with Gasteiger partial charge in [-0.15, -0.1) is 11.3 Å². The fraction of sp³-hybridized carbons (Fsp3) is 0.500. The lowest BCUT2D eigenvalue weighted by atomic mass is 10.3. The molecule has 2 aromatic rings. The summed E-state index contributed by atoms with van der Waals surface area (Å²) in [5.74, 6) is 0.831. The number of aryl methyl sites for hydroxylation is 3. The molecule has 2 heterocycles. The van der Waals surface area contributed by atoms with Crippen LogP contribution in [0.3, 0.4) is 0 Å². The zero-order chi connectivity index (χ0) is 14.5. The van der Waals surface area contributed by atoms with Crippen LogP contribution in [-0.4, -0.2) is 20.4 Å². The van der Waals surface area contributed by atoms with E-state index in [0.717, 1.165) is 40.8 Å². The summed E-state index contributed by atoms with van der Waals surface area (Å²) in [7, 11) is 0. The lowest BCUT2D eigenvalue weighted by molar-refractivity contribution is 0.0952. The summed E-state index contributed by atoms with van der Waals surface area (Å²) in [6, 6.07) is 0. The number of nitrogens with one attached hydrogen (secondary N) is 1. The molecule has 108 valence electrons. The Morgan fingerprint density at radius 3 is 2.95 bits per heavy atom. The first kappa shape index (κ1) is 14.7. The Labute approximate surface area is 123 Å². The first-order chi connectivity index (χ1) is 9.65. The number of hydrogen-bond donors (Lipinski definition) is 1. The fourth-order valence-corrected chi connectivity index (χ4v) is 3.00. The third-order valence-electron chi connectivity index (χ3n) is 3.02. The maximum absolute atomic E-state index is 12.2. The second-order valence-corrected chi connectivity index (χ2v) is 5.78. The second-order valence-electron chi connectivity index (χ2n) is 4.58. The molecule has 0 saturated heterocycles. The van der Waals surface area contributed by atoms with Gasteiger partial charge in [0.2, 0.25) is 0 Å². The highest BCUT2D eigenvalue weighted by atomic mass is 32.1. The average Bonchev–Trinajstić information content (AvgIpc) is 3.03. The van der Waals surface area contributed by atoms with Crippen LogP contribution in [0.25, 0.3) is 0 Å². The molecule has 20 heavy (non-hydrogen) atoms. The minimum absolute atomic E-state index is 0.0569. The molecule has 0 radical (unpaired) electrons. The molecule has 6 heteroatoms. The van der Waals surface area contributed by atoms with Gasteiger partial charge in [-0.2, -0.15) is 0 Å². The van der Waals surface area contributed by atoms with E-state index in [0.29, 0.717) is 6.54 Å². The maximum atomic E-state index is 12.2. The minimum atomic E-state index is -0.0569. The lowest BCUT2D eigenvalue weighted by Gasteiger charge is -2.07. The Bertz CT molecular complexity index is 588. The number of hydrogen-bond acceptors (Lipinski definition) is 4. The molecule has 0 bridgehead atoms. The molecule has 5 nitrogen and oxygen atoms in total. The van der Waals surface area contributed by atoms with Crippen molar-refractivity contribution in [3.05, 3.63) is 33.8 Å². The summed E-state index contributed by atoms with van der Waals surface area (Å²) in [5.41, 5.74) is 0.877. The minimum Gasteiger partial charge on any atom is -0.344 e. The molecular weight excluding hydrogens is 272 g/mol. The molecule has 0 atom stereocenters. The Balaban J connectivity index is 2.03. The molecule has 1 amide bonds. The van der Waals surface area contributed by atoms with Crippen molar-refractivity contribution in [2.45, 2.75) is 46.7 Å². The Morgan fingerprint density at radius 1 is 1.45 bits per heavy atom. The molecule has 0 spiro atoms. The van der Waals surface area contributed by atoms with Gasteiger partial charge < -0.3 is 9.88 Å². The van der Waals surface area contributed by atoms with Crippen molar-refractivity contribution in [2.24, 2.45) is 0 Å². The van der Waals surface area contributed by atoms with Crippen LogP contribution >= 0.6 is 11.3 Å². The maximum Gasteiger partial charge on any atom is 0.263 e. The van der Waals surface area contributed by atoms with E-state index in [2.05, 4.69) is 26.8 Å². The topological polar surface area (TPSA) is 59.8 Å². The molecule has 0 aliphatic carbocycles. The van der Waals surface area contributed by atoms with Gasteiger partial charge in [0.25, 0.3) is 5.91 Å². The van der Waals surface area contributed by atoms with Crippen LogP contribution in [0.4, 0.5) is 0 Å². The van der Waals surface area contributed by atoms with Crippen molar-refractivity contribution >= 4 is 17.2 Å². The molecule has 0 fully saturated rings. The number of imidazole rings is 1. The van der Waals surface area contributed by atoms with Crippen molar-refractivity contribution in [3.8, 4) is 0 Å². The Kier molecular flexibility index (Phi) is 4.89. The zero-order valence-corrected chi connectivity index (χ0v) is 13.0. The van der Waals surface area contributed by atoms with Crippen LogP contribution in [0.5, 0.6) is 0 Å². The highest BCUT2D eigenvalue weighted by Gasteiger charge is 2.15. The van der Waals surface area contributed by atoms with Crippen molar-refractivity contribution < 1.29 is 4.79 Å². The SMILES string of the molecule is CCCn1ccnc1CNC(=O)c1sc(C)nc1CC. The van der Waals surface area contributed by atoms with E-state index >= 15 is 0 Å². The molecular formula is C14H20N4OS. The van der Waals surface area contributed by atoms with E-state index in [-0.39, 0.29) is 5.91 Å². The predicted octanol–water partition coefficient (Wildman–Crippen LogP) is 2.55. The number of amides is 1. The summed E-state index contributed by atoms with van der Waals surface area (Å²) in [4.78, 5) is 21.6. The summed E-state index contributed by atoms with van der Waals surface area (Å²) in [6.45, 7) is 7.43. The highest BCUT2D eigenvalue weighted by Crippen LogP contribution is 2.18. The molecule has 0 saturated carbocycles. The normalized spacial score (nSPS) is 10.8. The summed E-state index contributed by atoms with van der Waals surface area (Å²) >= 11 is 1.45. The third-order valence-corrected chi connectivity index (χ3v) is 4.03. The fourth-order valence-electron chi connectivity index (χ4n) is 2.08. The van der Waals surface area contributed by atoms with Crippen LogP contribution in [-0.2, 0) is 19.5 Å². The van der Waals surface area contributed by atoms with Gasteiger partial charge in [0.1, 0.15) is 10.7 Å². The Hall–Kier alpha value is -1.69. The van der Waals surface area contributed by atoms with Gasteiger partial charge >= 0.3 is 0 Å². The van der Waals surface area contributed by atoms with Crippen molar-refractivity contribution in [2.75, 3.05) is 0 Å². The smallest absolute Gasteiger partial charge is 0.263 e. The van der Waals surface area contributed by atoms with Crippen molar-refractivity contribution in [1.29, 1.82) is 0 Å². The van der Waals surface area contributed by atoms with Crippen molar-refractivity contribution in [1.82, 2.24) is 19.9 Å². The van der Waals surface area contributed by atoms with Gasteiger partial charge in [-0.1, -0.05) is 13.8 Å². The number of rotatable bonds is 6. The van der Waals surface area contributed by atoms with Crippen LogP contribution in [0.15, 0.2) is 12.4 Å². The van der Waals surface area contributed by atoms with Crippen LogP contribution in [0, 0.1) is 6.92 Å². The van der Waals surface area contributed by atoms with Gasteiger partial charge in [-0.3, -0.25) is 4.79 Å². The molecule has 2 rings (SSSR count). The van der Waals surface area contributed by atoms with E-state index < -0.39 is 0 Å². The van der Waals surface area contributed by atoms with Gasteiger partial charge in [0.05, 0.1) is 17.2 Å². The second kappa shape index (κ2) is 6.65. The molecule has 0 aliphatic heterocycles. The van der Waals surface area contributed by atoms with Crippen LogP contribution < -0.4 is 5.32 Å². The third kappa shape index (κ3) is 3.25. The molecule has 0 unspecified atom stereocenters. The van der Waals surface area contributed by atoms with Crippen LogP contribution in [0.1, 0.15) is 46.5 Å². The first-order valence-electron chi connectivity index (χ1n) is 6.90. The predicted molar refractivity (Wildman–Crippen MR) is 79.9 cm³/mol. The quantitative estimate of drug-likeness (QED) is 0.890. The number of carbonyl (C=O) groups excluding carboxylic acids is 1. The highest BCUT2D eigenvalue weighted by molar-refractivity contribution is 7.13. The number of thiazole rings is 1. The number of nitrogens with zero attached hydrogens (tertiary/aromatic N) is 3. The van der Waals surface area contributed by atoms with Gasteiger partial charge in [-0.25, -0.2) is 9.97 Å². The average molecular weight is 292 g/mol. The standard InChI is InChI=1S/C14H20N4OS/c1-4-7-18-8-6-15-12(18)9-16-14(19)13-11(5-2)17-10(3)20-13/h6,8H,4-5,7,9H2,1-3H3,(H,16,19). The first-order valence-corrected chi connectivity index (χ1v) is 7.71. The van der Waals surface area contributed by atoms with Crippen LogP contribution in [0.2, 0.25) is 0 Å². The molecule has 0 aliphatic rings. The number of aromatic nitrogens is 3.